The molecule has 0 N–H and O–H groups in total. The van der Waals surface area contributed by atoms with Crippen molar-refractivity contribution in [2.45, 2.75) is 6.23 Å². The maximum absolute atomic E-state index is 13.6. The number of carbonyl (C=O) groups is 2. The van der Waals surface area contributed by atoms with E-state index < -0.39 is 11.6 Å². The van der Waals surface area contributed by atoms with E-state index in [1.807, 2.05) is 60.7 Å². The number of aldehydes is 1. The standard InChI is InChI=1S/C23H16N2O3/c26-15-23-20(16-9-3-1-4-10-16)24-25(17-11-5-2-6-12-17)22(23)28-19-14-8-7-13-18(19)21(23)27/h1-15,22H. The predicted octanol–water partition coefficient (Wildman–Crippen LogP) is 3.70. The maximum Gasteiger partial charge on any atom is 0.217 e. The van der Waals surface area contributed by atoms with E-state index in [4.69, 9.17) is 9.84 Å². The largest absolute Gasteiger partial charge is 0.466 e. The first-order valence-electron chi connectivity index (χ1n) is 9.01. The number of rotatable bonds is 3. The molecule has 0 radical (unpaired) electrons. The highest BCUT2D eigenvalue weighted by Gasteiger charge is 2.62. The number of ether oxygens (including phenoxy) is 1. The number of benzene rings is 3. The number of hydrazone groups is 1. The Morgan fingerprint density at radius 2 is 1.54 bits per heavy atom. The molecule has 2 aliphatic heterocycles. The Morgan fingerprint density at radius 3 is 2.25 bits per heavy atom. The fraction of sp³-hybridized carbons (Fsp3) is 0.0870. The second-order valence-corrected chi connectivity index (χ2v) is 6.78. The monoisotopic (exact) mass is 368 g/mol. The minimum absolute atomic E-state index is 0.296. The number of anilines is 1. The van der Waals surface area contributed by atoms with Crippen LogP contribution in [0.3, 0.4) is 0 Å². The average Bonchev–Trinajstić information content (AvgIpc) is 3.11. The van der Waals surface area contributed by atoms with Crippen molar-refractivity contribution >= 4 is 23.5 Å². The summed E-state index contributed by atoms with van der Waals surface area (Å²) in [6.45, 7) is 0. The normalized spacial score (nSPS) is 22.7. The van der Waals surface area contributed by atoms with E-state index in [1.165, 1.54) is 0 Å². The van der Waals surface area contributed by atoms with Gasteiger partial charge in [0.05, 0.1) is 17.0 Å². The van der Waals surface area contributed by atoms with Crippen LogP contribution >= 0.6 is 0 Å². The van der Waals surface area contributed by atoms with Gasteiger partial charge in [-0.3, -0.25) is 4.79 Å². The van der Waals surface area contributed by atoms with E-state index in [0.717, 1.165) is 11.3 Å². The number of hydrogen-bond donors (Lipinski definition) is 0. The van der Waals surface area contributed by atoms with E-state index in [1.54, 1.807) is 29.3 Å². The molecular formula is C23H16N2O3. The summed E-state index contributed by atoms with van der Waals surface area (Å²) in [7, 11) is 0. The molecule has 5 rings (SSSR count). The van der Waals surface area contributed by atoms with Crippen LogP contribution in [0, 0.1) is 5.41 Å². The van der Waals surface area contributed by atoms with Gasteiger partial charge in [-0.1, -0.05) is 60.7 Å². The topological polar surface area (TPSA) is 59.0 Å². The van der Waals surface area contributed by atoms with Crippen LogP contribution < -0.4 is 9.75 Å². The third kappa shape index (κ3) is 2.16. The van der Waals surface area contributed by atoms with Gasteiger partial charge < -0.3 is 9.53 Å². The lowest BCUT2D eigenvalue weighted by Crippen LogP contribution is -2.56. The van der Waals surface area contributed by atoms with Gasteiger partial charge in [-0.2, -0.15) is 5.10 Å². The van der Waals surface area contributed by atoms with Crippen LogP contribution in [0.4, 0.5) is 5.69 Å². The molecule has 0 saturated carbocycles. The molecule has 0 spiro atoms. The maximum atomic E-state index is 13.6. The first-order chi connectivity index (χ1) is 13.8. The van der Waals surface area contributed by atoms with Crippen molar-refractivity contribution in [1.29, 1.82) is 0 Å². The molecule has 28 heavy (non-hydrogen) atoms. The van der Waals surface area contributed by atoms with Crippen LogP contribution in [0.15, 0.2) is 90.0 Å². The van der Waals surface area contributed by atoms with Crippen molar-refractivity contribution in [1.82, 2.24) is 0 Å². The van der Waals surface area contributed by atoms with Gasteiger partial charge in [-0.25, -0.2) is 5.01 Å². The fourth-order valence-electron chi connectivity index (χ4n) is 3.85. The molecule has 3 aromatic carbocycles. The lowest BCUT2D eigenvalue weighted by atomic mass is 9.72. The Balaban J connectivity index is 1.77. The highest BCUT2D eigenvalue weighted by atomic mass is 16.5. The van der Waals surface area contributed by atoms with E-state index in [2.05, 4.69) is 0 Å². The summed E-state index contributed by atoms with van der Waals surface area (Å²) in [6, 6.07) is 25.7. The summed E-state index contributed by atoms with van der Waals surface area (Å²) >= 11 is 0. The Labute approximate surface area is 161 Å². The molecule has 3 aromatic rings. The first kappa shape index (κ1) is 16.4. The molecule has 5 heteroatoms. The second-order valence-electron chi connectivity index (χ2n) is 6.78. The number of hydrogen-bond acceptors (Lipinski definition) is 5. The van der Waals surface area contributed by atoms with E-state index in [0.29, 0.717) is 23.3 Å². The van der Waals surface area contributed by atoms with Gasteiger partial charge in [0.2, 0.25) is 6.23 Å². The summed E-state index contributed by atoms with van der Waals surface area (Å²) in [4.78, 5) is 26.1. The van der Waals surface area contributed by atoms with Gasteiger partial charge in [0, 0.05) is 0 Å². The van der Waals surface area contributed by atoms with Crippen molar-refractivity contribution in [2.75, 3.05) is 5.01 Å². The second kappa shape index (κ2) is 6.16. The van der Waals surface area contributed by atoms with E-state index >= 15 is 0 Å². The zero-order chi connectivity index (χ0) is 19.1. The average molecular weight is 368 g/mol. The molecule has 0 amide bonds. The first-order valence-corrected chi connectivity index (χ1v) is 9.01. The number of carbonyl (C=O) groups excluding carboxylic acids is 2. The molecule has 0 aliphatic carbocycles. The minimum atomic E-state index is -1.54. The molecule has 2 atom stereocenters. The highest BCUT2D eigenvalue weighted by Crippen LogP contribution is 2.46. The summed E-state index contributed by atoms with van der Waals surface area (Å²) in [5.41, 5.74) is 0.720. The molecular weight excluding hydrogens is 352 g/mol. The van der Waals surface area contributed by atoms with Gasteiger partial charge in [0.25, 0.3) is 0 Å². The lowest BCUT2D eigenvalue weighted by Gasteiger charge is -2.37. The Bertz CT molecular complexity index is 1100. The summed E-state index contributed by atoms with van der Waals surface area (Å²) in [6.07, 6.45) is -0.199. The van der Waals surface area contributed by atoms with Crippen molar-refractivity contribution < 1.29 is 14.3 Å². The molecule has 2 aliphatic rings. The fourth-order valence-corrected chi connectivity index (χ4v) is 3.85. The van der Waals surface area contributed by atoms with Crippen LogP contribution in [0.1, 0.15) is 15.9 Å². The molecule has 0 fully saturated rings. The third-order valence-electron chi connectivity index (χ3n) is 5.21. The smallest absolute Gasteiger partial charge is 0.217 e. The third-order valence-corrected chi connectivity index (χ3v) is 5.21. The summed E-state index contributed by atoms with van der Waals surface area (Å²) < 4.78 is 6.20. The number of nitrogens with zero attached hydrogens (tertiary/aromatic N) is 2. The van der Waals surface area contributed by atoms with Crippen molar-refractivity contribution in [3.63, 3.8) is 0 Å². The van der Waals surface area contributed by atoms with Crippen LogP contribution in [0.25, 0.3) is 0 Å². The molecule has 2 unspecified atom stereocenters. The van der Waals surface area contributed by atoms with Gasteiger partial charge in [0.15, 0.2) is 11.2 Å². The van der Waals surface area contributed by atoms with Crippen molar-refractivity contribution in [3.8, 4) is 5.75 Å². The highest BCUT2D eigenvalue weighted by molar-refractivity contribution is 6.33. The van der Waals surface area contributed by atoms with Gasteiger partial charge in [-0.15, -0.1) is 0 Å². The predicted molar refractivity (Wildman–Crippen MR) is 106 cm³/mol. The van der Waals surface area contributed by atoms with Crippen molar-refractivity contribution in [3.05, 3.63) is 96.1 Å². The summed E-state index contributed by atoms with van der Waals surface area (Å²) in [5, 5.41) is 6.35. The Morgan fingerprint density at radius 1 is 0.893 bits per heavy atom. The Kier molecular flexibility index (Phi) is 3.62. The Hall–Kier alpha value is -3.73. The van der Waals surface area contributed by atoms with Gasteiger partial charge >= 0.3 is 0 Å². The molecule has 136 valence electrons. The van der Waals surface area contributed by atoms with Gasteiger partial charge in [0.1, 0.15) is 12.0 Å². The molecule has 0 bridgehead atoms. The molecule has 0 saturated heterocycles. The number of fused-ring (bicyclic) bond motifs is 2. The van der Waals surface area contributed by atoms with Crippen LogP contribution in [0.2, 0.25) is 0 Å². The lowest BCUT2D eigenvalue weighted by molar-refractivity contribution is -0.114. The van der Waals surface area contributed by atoms with Crippen LogP contribution in [-0.2, 0) is 4.79 Å². The van der Waals surface area contributed by atoms with E-state index in [9.17, 15) is 9.59 Å². The van der Waals surface area contributed by atoms with E-state index in [-0.39, 0.29) is 5.78 Å². The minimum Gasteiger partial charge on any atom is -0.466 e. The quantitative estimate of drug-likeness (QED) is 0.522. The zero-order valence-electron chi connectivity index (χ0n) is 14.9. The SMILES string of the molecule is O=CC12C(=O)c3ccccc3OC1N(c1ccccc1)N=C2c1ccccc1. The molecule has 2 heterocycles. The number of ketones is 1. The van der Waals surface area contributed by atoms with Crippen molar-refractivity contribution in [2.24, 2.45) is 10.5 Å². The number of Topliss-reactive ketones (excluding diaryl/α,β-unsaturated/α-hetero) is 1. The number of para-hydroxylation sites is 2. The van der Waals surface area contributed by atoms with Crippen LogP contribution in [-0.4, -0.2) is 24.0 Å². The van der Waals surface area contributed by atoms with Crippen LogP contribution in [0.5, 0.6) is 5.75 Å². The van der Waals surface area contributed by atoms with Gasteiger partial charge in [-0.05, 0) is 29.8 Å². The molecule has 5 nitrogen and oxygen atoms in total. The molecule has 0 aromatic heterocycles. The summed E-state index contributed by atoms with van der Waals surface area (Å²) in [5.74, 6) is 0.163. The zero-order valence-corrected chi connectivity index (χ0v) is 14.9.